The summed E-state index contributed by atoms with van der Waals surface area (Å²) in [5, 5.41) is 6.52. The highest BCUT2D eigenvalue weighted by molar-refractivity contribution is 9.10. The fourth-order valence-corrected chi connectivity index (χ4v) is 3.34. The lowest BCUT2D eigenvalue weighted by molar-refractivity contribution is -0.136. The standard InChI is InChI=1S/C23H18BrClFN3O4/c1-32-16-8-6-15(7-9-16)28-22(30)23(31)29-27-12-14-5-10-21(18(24)11-14)33-13-17-19(25)3-2-4-20(17)26/h2-12H,13H2,1H3,(H,28,30)(H,29,31)/b27-12-. The van der Waals surface area contributed by atoms with Crippen LogP contribution in [0.15, 0.2) is 70.2 Å². The Kier molecular flexibility index (Phi) is 8.39. The van der Waals surface area contributed by atoms with Crippen molar-refractivity contribution in [3.63, 3.8) is 0 Å². The molecule has 2 amide bonds. The van der Waals surface area contributed by atoms with Gasteiger partial charge in [0.2, 0.25) is 0 Å². The third-order valence-electron chi connectivity index (χ3n) is 4.32. The summed E-state index contributed by atoms with van der Waals surface area (Å²) >= 11 is 9.38. The van der Waals surface area contributed by atoms with E-state index in [0.29, 0.717) is 27.2 Å². The normalized spacial score (nSPS) is 10.7. The largest absolute Gasteiger partial charge is 0.497 e. The monoisotopic (exact) mass is 533 g/mol. The molecule has 10 heteroatoms. The fraction of sp³-hybridized carbons (Fsp3) is 0.0870. The molecule has 0 radical (unpaired) electrons. The molecule has 3 aromatic carbocycles. The van der Waals surface area contributed by atoms with Crippen molar-refractivity contribution in [3.05, 3.63) is 87.1 Å². The second-order valence-corrected chi connectivity index (χ2v) is 7.82. The minimum atomic E-state index is -0.928. The molecule has 0 aromatic heterocycles. The second-order valence-electron chi connectivity index (χ2n) is 6.56. The quantitative estimate of drug-likeness (QED) is 0.256. The Morgan fingerprint density at radius 3 is 2.55 bits per heavy atom. The smallest absolute Gasteiger partial charge is 0.329 e. The lowest BCUT2D eigenvalue weighted by atomic mass is 10.2. The molecule has 0 aliphatic rings. The predicted molar refractivity (Wildman–Crippen MR) is 127 cm³/mol. The first-order valence-corrected chi connectivity index (χ1v) is 10.7. The molecule has 0 aliphatic heterocycles. The summed E-state index contributed by atoms with van der Waals surface area (Å²) in [5.41, 5.74) is 3.47. The topological polar surface area (TPSA) is 89.0 Å². The van der Waals surface area contributed by atoms with Crippen LogP contribution in [0.2, 0.25) is 5.02 Å². The maximum Gasteiger partial charge on any atom is 0.329 e. The van der Waals surface area contributed by atoms with Gasteiger partial charge in [-0.05, 0) is 76.1 Å². The summed E-state index contributed by atoms with van der Waals surface area (Å²) in [7, 11) is 1.53. The molecule has 0 fully saturated rings. The number of rotatable bonds is 7. The summed E-state index contributed by atoms with van der Waals surface area (Å²) in [4.78, 5) is 23.9. The highest BCUT2D eigenvalue weighted by atomic mass is 79.9. The molecule has 0 aliphatic carbocycles. The van der Waals surface area contributed by atoms with E-state index >= 15 is 0 Å². The molecule has 7 nitrogen and oxygen atoms in total. The minimum absolute atomic E-state index is 0.0447. The number of hydrogen-bond donors (Lipinski definition) is 2. The molecule has 33 heavy (non-hydrogen) atoms. The van der Waals surface area contributed by atoms with E-state index in [1.54, 1.807) is 48.5 Å². The molecule has 3 aromatic rings. The molecule has 0 unspecified atom stereocenters. The average molecular weight is 535 g/mol. The van der Waals surface area contributed by atoms with Crippen LogP contribution in [-0.4, -0.2) is 25.1 Å². The lowest BCUT2D eigenvalue weighted by Gasteiger charge is -2.10. The van der Waals surface area contributed by atoms with Crippen LogP contribution >= 0.6 is 27.5 Å². The van der Waals surface area contributed by atoms with Crippen LogP contribution < -0.4 is 20.2 Å². The molecule has 0 spiro atoms. The van der Waals surface area contributed by atoms with Crippen molar-refractivity contribution in [3.8, 4) is 11.5 Å². The molecule has 170 valence electrons. The van der Waals surface area contributed by atoms with E-state index in [-0.39, 0.29) is 17.2 Å². The minimum Gasteiger partial charge on any atom is -0.497 e. The number of ether oxygens (including phenoxy) is 2. The van der Waals surface area contributed by atoms with Gasteiger partial charge in [-0.2, -0.15) is 5.10 Å². The van der Waals surface area contributed by atoms with Crippen LogP contribution in [0.1, 0.15) is 11.1 Å². The van der Waals surface area contributed by atoms with Crippen LogP contribution in [0, 0.1) is 5.82 Å². The summed E-state index contributed by atoms with van der Waals surface area (Å²) in [6.07, 6.45) is 1.36. The number of carbonyl (C=O) groups is 2. The zero-order valence-corrected chi connectivity index (χ0v) is 19.6. The number of halogens is 3. The van der Waals surface area contributed by atoms with Gasteiger partial charge in [-0.25, -0.2) is 9.82 Å². The number of anilines is 1. The van der Waals surface area contributed by atoms with E-state index in [1.807, 2.05) is 0 Å². The van der Waals surface area contributed by atoms with Gasteiger partial charge in [-0.3, -0.25) is 9.59 Å². The third-order valence-corrected chi connectivity index (χ3v) is 5.30. The first kappa shape index (κ1) is 24.2. The molecule has 2 N–H and O–H groups in total. The van der Waals surface area contributed by atoms with E-state index in [4.69, 9.17) is 21.1 Å². The molecule has 0 saturated heterocycles. The Bertz CT molecular complexity index is 1170. The van der Waals surface area contributed by atoms with Crippen LogP contribution in [-0.2, 0) is 16.2 Å². The number of methoxy groups -OCH3 is 1. The number of amides is 2. The van der Waals surface area contributed by atoms with Crippen molar-refractivity contribution in [2.45, 2.75) is 6.61 Å². The van der Waals surface area contributed by atoms with E-state index < -0.39 is 17.6 Å². The molecule has 0 heterocycles. The van der Waals surface area contributed by atoms with E-state index in [9.17, 15) is 14.0 Å². The molecule has 3 rings (SSSR count). The van der Waals surface area contributed by atoms with E-state index in [1.165, 1.54) is 25.5 Å². The van der Waals surface area contributed by atoms with Crippen molar-refractivity contribution < 1.29 is 23.5 Å². The van der Waals surface area contributed by atoms with Gasteiger partial charge in [0.1, 0.15) is 23.9 Å². The Morgan fingerprint density at radius 2 is 1.88 bits per heavy atom. The number of carbonyl (C=O) groups excluding carboxylic acids is 2. The molecular weight excluding hydrogens is 517 g/mol. The molecular formula is C23H18BrClFN3O4. The van der Waals surface area contributed by atoms with Gasteiger partial charge in [-0.1, -0.05) is 17.7 Å². The maximum absolute atomic E-state index is 13.9. The first-order chi connectivity index (χ1) is 15.9. The van der Waals surface area contributed by atoms with Gasteiger partial charge in [0, 0.05) is 11.3 Å². The molecule has 0 saturated carbocycles. The fourth-order valence-electron chi connectivity index (χ4n) is 2.61. The number of hydrogen-bond acceptors (Lipinski definition) is 5. The summed E-state index contributed by atoms with van der Waals surface area (Å²) in [5.74, 6) is -1.15. The van der Waals surface area contributed by atoms with Gasteiger partial charge in [-0.15, -0.1) is 0 Å². The Hall–Kier alpha value is -3.43. The van der Waals surface area contributed by atoms with Crippen LogP contribution in [0.4, 0.5) is 10.1 Å². The number of benzene rings is 3. The number of hydrazone groups is 1. The van der Waals surface area contributed by atoms with Crippen molar-refractivity contribution in [1.82, 2.24) is 5.43 Å². The summed E-state index contributed by atoms with van der Waals surface area (Å²) in [6, 6.07) is 16.0. The Balaban J connectivity index is 1.53. The SMILES string of the molecule is COc1ccc(NC(=O)C(=O)N/N=C\c2ccc(OCc3c(F)cccc3Cl)c(Br)c2)cc1. The molecule has 0 atom stereocenters. The summed E-state index contributed by atoms with van der Waals surface area (Å²) < 4.78 is 25.1. The van der Waals surface area contributed by atoms with Crippen molar-refractivity contribution in [2.75, 3.05) is 12.4 Å². The highest BCUT2D eigenvalue weighted by Gasteiger charge is 2.13. The zero-order valence-electron chi connectivity index (χ0n) is 17.3. The van der Waals surface area contributed by atoms with Gasteiger partial charge in [0.15, 0.2) is 0 Å². The second kappa shape index (κ2) is 11.4. The lowest BCUT2D eigenvalue weighted by Crippen LogP contribution is -2.32. The number of nitrogens with zero attached hydrogens (tertiary/aromatic N) is 1. The zero-order chi connectivity index (χ0) is 23.8. The van der Waals surface area contributed by atoms with Gasteiger partial charge >= 0.3 is 11.8 Å². The highest BCUT2D eigenvalue weighted by Crippen LogP contribution is 2.28. The van der Waals surface area contributed by atoms with Crippen molar-refractivity contribution in [1.29, 1.82) is 0 Å². The summed E-state index contributed by atoms with van der Waals surface area (Å²) in [6.45, 7) is -0.0447. The van der Waals surface area contributed by atoms with Crippen LogP contribution in [0.5, 0.6) is 11.5 Å². The molecule has 0 bridgehead atoms. The van der Waals surface area contributed by atoms with Gasteiger partial charge in [0.05, 0.1) is 22.8 Å². The van der Waals surface area contributed by atoms with Crippen molar-refractivity contribution >= 4 is 51.2 Å². The maximum atomic E-state index is 13.9. The van der Waals surface area contributed by atoms with Gasteiger partial charge < -0.3 is 14.8 Å². The van der Waals surface area contributed by atoms with Crippen molar-refractivity contribution in [2.24, 2.45) is 5.10 Å². The predicted octanol–water partition coefficient (Wildman–Crippen LogP) is 4.92. The average Bonchev–Trinajstić information content (AvgIpc) is 2.80. The van der Waals surface area contributed by atoms with Gasteiger partial charge in [0.25, 0.3) is 0 Å². The van der Waals surface area contributed by atoms with Crippen LogP contribution in [0.25, 0.3) is 0 Å². The Labute approximate surface area is 202 Å². The first-order valence-electron chi connectivity index (χ1n) is 9.51. The Morgan fingerprint density at radius 1 is 1.12 bits per heavy atom. The third kappa shape index (κ3) is 6.77. The number of nitrogens with one attached hydrogen (secondary N) is 2. The van der Waals surface area contributed by atoms with E-state index in [0.717, 1.165) is 0 Å². The van der Waals surface area contributed by atoms with Crippen LogP contribution in [0.3, 0.4) is 0 Å². The van der Waals surface area contributed by atoms with E-state index in [2.05, 4.69) is 31.8 Å².